The van der Waals surface area contributed by atoms with E-state index in [1.54, 1.807) is 68.0 Å². The number of amides is 4. The number of hydrogen-bond donors (Lipinski definition) is 3. The lowest BCUT2D eigenvalue weighted by Gasteiger charge is -2.36. The molecule has 12 nitrogen and oxygen atoms in total. The summed E-state index contributed by atoms with van der Waals surface area (Å²) in [6, 6.07) is 13.0. The second-order valence-electron chi connectivity index (χ2n) is 12.3. The SMILES string of the molecule is Cc1noc(C)c1NC(=O)Nc1ccc2c(c1)C(=O)N([C@@H](C)CO)C[C@H](C)[C@@H](CN(C)C(=O)c1ccccc1)OCCCC[C@@H](C)O2. The van der Waals surface area contributed by atoms with Gasteiger partial charge in [0.15, 0.2) is 5.76 Å². The highest BCUT2D eigenvalue weighted by atomic mass is 16.5. The van der Waals surface area contributed by atoms with Crippen molar-refractivity contribution in [2.75, 3.05) is 44.0 Å². The Morgan fingerprint density at radius 3 is 2.53 bits per heavy atom. The lowest BCUT2D eigenvalue weighted by molar-refractivity contribution is -0.0149. The number of nitrogens with zero attached hydrogens (tertiary/aromatic N) is 3. The van der Waals surface area contributed by atoms with Gasteiger partial charge >= 0.3 is 6.03 Å². The molecule has 4 amide bonds. The number of hydrogen-bond acceptors (Lipinski definition) is 8. The normalized spacial score (nSPS) is 19.9. The van der Waals surface area contributed by atoms with Crippen molar-refractivity contribution in [1.82, 2.24) is 15.0 Å². The zero-order chi connectivity index (χ0) is 34.1. The van der Waals surface area contributed by atoms with Gasteiger partial charge in [-0.2, -0.15) is 0 Å². The first-order valence-electron chi connectivity index (χ1n) is 16.1. The Morgan fingerprint density at radius 2 is 1.85 bits per heavy atom. The highest BCUT2D eigenvalue weighted by molar-refractivity contribution is 6.03. The molecule has 2 aromatic carbocycles. The Labute approximate surface area is 276 Å². The van der Waals surface area contributed by atoms with Gasteiger partial charge in [0.1, 0.15) is 17.1 Å². The minimum atomic E-state index is -0.535. The third kappa shape index (κ3) is 9.32. The van der Waals surface area contributed by atoms with Crippen LogP contribution < -0.4 is 15.4 Å². The van der Waals surface area contributed by atoms with Gasteiger partial charge in [-0.25, -0.2) is 4.79 Å². The number of urea groups is 1. The van der Waals surface area contributed by atoms with E-state index >= 15 is 0 Å². The van der Waals surface area contributed by atoms with Crippen LogP contribution in [-0.2, 0) is 4.74 Å². The minimum absolute atomic E-state index is 0.115. The van der Waals surface area contributed by atoms with Gasteiger partial charge in [-0.05, 0) is 77.3 Å². The third-order valence-electron chi connectivity index (χ3n) is 8.40. The molecule has 3 aromatic rings. The Kier molecular flexibility index (Phi) is 12.4. The Hall–Kier alpha value is -4.42. The first-order valence-corrected chi connectivity index (χ1v) is 16.1. The summed E-state index contributed by atoms with van der Waals surface area (Å²) in [6.07, 6.45) is 1.82. The standard InChI is InChI=1S/C35H47N5O7/c1-22-19-40(23(2)21-41)34(43)29-18-28(36-35(44)37-32-25(4)38-47-26(32)5)15-16-30(29)46-24(3)12-10-11-17-45-31(22)20-39(6)33(42)27-13-8-7-9-14-27/h7-9,13-16,18,22-24,31,41H,10-12,17,19-21H2,1-6H3,(H2,36,37,44)/t22-,23-,24+,31+/m0/s1. The van der Waals surface area contributed by atoms with Gasteiger partial charge in [0.25, 0.3) is 11.8 Å². The number of aromatic nitrogens is 1. The molecular weight excluding hydrogens is 602 g/mol. The molecule has 0 saturated carbocycles. The lowest BCUT2D eigenvalue weighted by atomic mass is 10.0. The topological polar surface area (TPSA) is 146 Å². The molecule has 254 valence electrons. The van der Waals surface area contributed by atoms with Crippen LogP contribution in [0.1, 0.15) is 72.2 Å². The van der Waals surface area contributed by atoms with Crippen molar-refractivity contribution in [2.24, 2.45) is 5.92 Å². The Bertz CT molecular complexity index is 1490. The van der Waals surface area contributed by atoms with E-state index in [0.29, 0.717) is 47.3 Å². The molecule has 1 aliphatic rings. The molecule has 0 unspecified atom stereocenters. The molecule has 3 N–H and O–H groups in total. The van der Waals surface area contributed by atoms with Crippen molar-refractivity contribution in [2.45, 2.75) is 72.1 Å². The Balaban J connectivity index is 1.61. The minimum Gasteiger partial charge on any atom is -0.490 e. The molecule has 0 spiro atoms. The number of aliphatic hydroxyl groups excluding tert-OH is 1. The van der Waals surface area contributed by atoms with Crippen LogP contribution in [0.3, 0.4) is 0 Å². The van der Waals surface area contributed by atoms with Crippen molar-refractivity contribution in [3.05, 3.63) is 71.1 Å². The van der Waals surface area contributed by atoms with Gasteiger partial charge in [0.05, 0.1) is 30.4 Å². The average molecular weight is 650 g/mol. The summed E-state index contributed by atoms with van der Waals surface area (Å²) in [7, 11) is 1.75. The summed E-state index contributed by atoms with van der Waals surface area (Å²) in [5, 5.41) is 19.6. The van der Waals surface area contributed by atoms with Crippen LogP contribution >= 0.6 is 0 Å². The molecule has 1 aliphatic heterocycles. The summed E-state index contributed by atoms with van der Waals surface area (Å²) in [6.45, 7) is 9.95. The number of nitrogens with one attached hydrogen (secondary N) is 2. The van der Waals surface area contributed by atoms with Gasteiger partial charge in [-0.1, -0.05) is 30.3 Å². The van der Waals surface area contributed by atoms with Crippen LogP contribution in [0.2, 0.25) is 0 Å². The number of carbonyl (C=O) groups excluding carboxylic acids is 3. The van der Waals surface area contributed by atoms with Crippen LogP contribution in [0.4, 0.5) is 16.2 Å². The number of aryl methyl sites for hydroxylation is 2. The second kappa shape index (κ2) is 16.4. The summed E-state index contributed by atoms with van der Waals surface area (Å²) < 4.78 is 17.8. The largest absolute Gasteiger partial charge is 0.490 e. The Morgan fingerprint density at radius 1 is 1.11 bits per heavy atom. The number of fused-ring (bicyclic) bond motifs is 1. The fraction of sp³-hybridized carbons (Fsp3) is 0.486. The van der Waals surface area contributed by atoms with Crippen LogP contribution in [0, 0.1) is 19.8 Å². The van der Waals surface area contributed by atoms with E-state index in [-0.39, 0.29) is 48.7 Å². The maximum Gasteiger partial charge on any atom is 0.323 e. The van der Waals surface area contributed by atoms with E-state index < -0.39 is 12.1 Å². The van der Waals surface area contributed by atoms with Crippen molar-refractivity contribution in [3.8, 4) is 5.75 Å². The maximum atomic E-state index is 14.3. The molecule has 2 heterocycles. The van der Waals surface area contributed by atoms with E-state index in [1.807, 2.05) is 32.0 Å². The number of aliphatic hydroxyl groups is 1. The van der Waals surface area contributed by atoms with E-state index in [2.05, 4.69) is 15.8 Å². The number of rotatable bonds is 7. The zero-order valence-electron chi connectivity index (χ0n) is 28.1. The van der Waals surface area contributed by atoms with Crippen LogP contribution in [0.5, 0.6) is 5.75 Å². The maximum absolute atomic E-state index is 14.3. The summed E-state index contributed by atoms with van der Waals surface area (Å²) in [5.41, 5.74) is 2.24. The molecule has 0 aliphatic carbocycles. The predicted octanol–water partition coefficient (Wildman–Crippen LogP) is 5.50. The fourth-order valence-electron chi connectivity index (χ4n) is 5.55. The molecule has 0 bridgehead atoms. The quantitative estimate of drug-likeness (QED) is 0.304. The zero-order valence-corrected chi connectivity index (χ0v) is 28.1. The van der Waals surface area contributed by atoms with Crippen molar-refractivity contribution < 1.29 is 33.5 Å². The summed E-state index contributed by atoms with van der Waals surface area (Å²) in [5.74, 6) is 0.183. The first-order chi connectivity index (χ1) is 22.5. The molecule has 12 heteroatoms. The summed E-state index contributed by atoms with van der Waals surface area (Å²) in [4.78, 5) is 43.7. The van der Waals surface area contributed by atoms with Gasteiger partial charge in [-0.15, -0.1) is 0 Å². The molecule has 0 radical (unpaired) electrons. The van der Waals surface area contributed by atoms with Crippen molar-refractivity contribution in [1.29, 1.82) is 0 Å². The number of benzene rings is 2. The van der Waals surface area contributed by atoms with Gasteiger partial charge in [0.2, 0.25) is 0 Å². The lowest BCUT2D eigenvalue weighted by Crippen LogP contribution is -2.48. The number of carbonyl (C=O) groups is 3. The van der Waals surface area contributed by atoms with Crippen LogP contribution in [0.25, 0.3) is 0 Å². The average Bonchev–Trinajstić information content (AvgIpc) is 3.37. The monoisotopic (exact) mass is 649 g/mol. The van der Waals surface area contributed by atoms with E-state index in [9.17, 15) is 19.5 Å². The van der Waals surface area contributed by atoms with Gasteiger partial charge < -0.3 is 39.5 Å². The van der Waals surface area contributed by atoms with E-state index in [4.69, 9.17) is 14.0 Å². The molecule has 0 fully saturated rings. The molecule has 0 saturated heterocycles. The molecule has 4 rings (SSSR count). The molecular formula is C35H47N5O7. The van der Waals surface area contributed by atoms with E-state index in [0.717, 1.165) is 19.3 Å². The van der Waals surface area contributed by atoms with Crippen molar-refractivity contribution in [3.63, 3.8) is 0 Å². The highest BCUT2D eigenvalue weighted by Crippen LogP contribution is 2.29. The molecule has 4 atom stereocenters. The second-order valence-corrected chi connectivity index (χ2v) is 12.3. The number of likely N-dealkylation sites (N-methyl/N-ethyl adjacent to an activating group) is 1. The summed E-state index contributed by atoms with van der Waals surface area (Å²) >= 11 is 0. The van der Waals surface area contributed by atoms with Gasteiger partial charge in [-0.3, -0.25) is 9.59 Å². The smallest absolute Gasteiger partial charge is 0.323 e. The molecule has 47 heavy (non-hydrogen) atoms. The highest BCUT2D eigenvalue weighted by Gasteiger charge is 2.31. The number of ether oxygens (including phenoxy) is 2. The van der Waals surface area contributed by atoms with Crippen molar-refractivity contribution >= 4 is 29.2 Å². The third-order valence-corrected chi connectivity index (χ3v) is 8.40. The predicted molar refractivity (Wildman–Crippen MR) is 179 cm³/mol. The fourth-order valence-corrected chi connectivity index (χ4v) is 5.55. The van der Waals surface area contributed by atoms with Crippen LogP contribution in [0.15, 0.2) is 53.1 Å². The van der Waals surface area contributed by atoms with Gasteiger partial charge in [0, 0.05) is 43.9 Å². The first kappa shape index (κ1) is 35.4. The number of anilines is 2. The van der Waals surface area contributed by atoms with Crippen LogP contribution in [-0.4, -0.2) is 89.5 Å². The molecule has 1 aromatic heterocycles. The van der Waals surface area contributed by atoms with E-state index in [1.165, 1.54) is 0 Å².